The zero-order valence-corrected chi connectivity index (χ0v) is 11.7. The lowest BCUT2D eigenvalue weighted by Gasteiger charge is -2.32. The summed E-state index contributed by atoms with van der Waals surface area (Å²) in [7, 11) is 0. The van der Waals surface area contributed by atoms with Gasteiger partial charge in [0.1, 0.15) is 11.8 Å². The van der Waals surface area contributed by atoms with Crippen molar-refractivity contribution >= 4 is 0 Å². The molecule has 3 heterocycles. The summed E-state index contributed by atoms with van der Waals surface area (Å²) in [5.74, 6) is 0. The molecule has 20 heavy (non-hydrogen) atoms. The van der Waals surface area contributed by atoms with Crippen molar-refractivity contribution in [3.05, 3.63) is 29.6 Å². The van der Waals surface area contributed by atoms with E-state index in [0.717, 1.165) is 45.9 Å². The molecule has 1 unspecified atom stereocenters. The third kappa shape index (κ3) is 3.15. The van der Waals surface area contributed by atoms with Crippen LogP contribution in [0.25, 0.3) is 0 Å². The highest BCUT2D eigenvalue weighted by molar-refractivity contribution is 5.25. The zero-order chi connectivity index (χ0) is 13.8. The molecule has 2 aliphatic rings. The second-order valence-corrected chi connectivity index (χ2v) is 5.49. The molecule has 0 aromatic carbocycles. The van der Waals surface area contributed by atoms with Gasteiger partial charge >= 0.3 is 0 Å². The number of rotatable bonds is 3. The van der Waals surface area contributed by atoms with E-state index in [-0.39, 0.29) is 0 Å². The van der Waals surface area contributed by atoms with Crippen molar-refractivity contribution < 1.29 is 4.74 Å². The first-order valence-corrected chi connectivity index (χ1v) is 7.24. The van der Waals surface area contributed by atoms with Crippen LogP contribution in [0, 0.1) is 11.3 Å². The molecule has 5 nitrogen and oxygen atoms in total. The second kappa shape index (κ2) is 6.31. The molecule has 2 saturated heterocycles. The van der Waals surface area contributed by atoms with Gasteiger partial charge in [-0.3, -0.25) is 9.80 Å². The predicted molar refractivity (Wildman–Crippen MR) is 75.0 cm³/mol. The minimum atomic E-state index is 0.506. The first kappa shape index (κ1) is 13.5. The number of hydrogen-bond acceptors (Lipinski definition) is 5. The summed E-state index contributed by atoms with van der Waals surface area (Å²) in [5, 5.41) is 8.89. The average molecular weight is 272 g/mol. The quantitative estimate of drug-likeness (QED) is 0.817. The smallest absolute Gasteiger partial charge is 0.140 e. The molecule has 0 aliphatic carbocycles. The molecule has 0 amide bonds. The molecule has 1 aromatic heterocycles. The van der Waals surface area contributed by atoms with Crippen LogP contribution in [-0.2, 0) is 11.3 Å². The Labute approximate surface area is 119 Å². The van der Waals surface area contributed by atoms with E-state index >= 15 is 0 Å². The number of nitrogens with zero attached hydrogens (tertiary/aromatic N) is 4. The Balaban J connectivity index is 1.55. The minimum Gasteiger partial charge on any atom is -0.379 e. The Hall–Kier alpha value is -1.48. The van der Waals surface area contributed by atoms with Gasteiger partial charge in [0, 0.05) is 45.0 Å². The molecule has 0 spiro atoms. The van der Waals surface area contributed by atoms with Crippen molar-refractivity contribution in [2.45, 2.75) is 19.0 Å². The van der Waals surface area contributed by atoms with Crippen LogP contribution in [0.3, 0.4) is 0 Å². The fourth-order valence-corrected chi connectivity index (χ4v) is 3.09. The number of morpholine rings is 1. The number of aromatic nitrogens is 1. The maximum atomic E-state index is 8.89. The number of likely N-dealkylation sites (tertiary alicyclic amines) is 1. The SMILES string of the molecule is N#Cc1cc(CN2CCC(N3CCOCC3)C2)ccn1. The lowest BCUT2D eigenvalue weighted by atomic mass is 10.2. The van der Waals surface area contributed by atoms with Crippen LogP contribution >= 0.6 is 0 Å². The number of ether oxygens (including phenoxy) is 1. The van der Waals surface area contributed by atoms with Crippen molar-refractivity contribution in [2.24, 2.45) is 0 Å². The Morgan fingerprint density at radius 2 is 2.20 bits per heavy atom. The fourth-order valence-electron chi connectivity index (χ4n) is 3.09. The molecule has 3 rings (SSSR count). The summed E-state index contributed by atoms with van der Waals surface area (Å²) in [6.07, 6.45) is 2.96. The third-order valence-corrected chi connectivity index (χ3v) is 4.15. The number of pyridine rings is 1. The summed E-state index contributed by atoms with van der Waals surface area (Å²) in [6.45, 7) is 7.02. The summed E-state index contributed by atoms with van der Waals surface area (Å²) < 4.78 is 5.41. The molecule has 5 heteroatoms. The van der Waals surface area contributed by atoms with E-state index in [1.54, 1.807) is 6.20 Å². The van der Waals surface area contributed by atoms with E-state index in [4.69, 9.17) is 10.00 Å². The first-order valence-electron chi connectivity index (χ1n) is 7.24. The van der Waals surface area contributed by atoms with Crippen LogP contribution < -0.4 is 0 Å². The van der Waals surface area contributed by atoms with Gasteiger partial charge in [-0.05, 0) is 24.1 Å². The molecule has 0 saturated carbocycles. The van der Waals surface area contributed by atoms with Crippen LogP contribution in [-0.4, -0.2) is 60.2 Å². The van der Waals surface area contributed by atoms with Gasteiger partial charge in [0.2, 0.25) is 0 Å². The molecular formula is C15H20N4O. The van der Waals surface area contributed by atoms with Crippen LogP contribution in [0.2, 0.25) is 0 Å². The number of nitriles is 1. The van der Waals surface area contributed by atoms with Crippen molar-refractivity contribution in [1.82, 2.24) is 14.8 Å². The molecule has 106 valence electrons. The van der Waals surface area contributed by atoms with Gasteiger partial charge in [-0.1, -0.05) is 0 Å². The van der Waals surface area contributed by atoms with Gasteiger partial charge in [0.15, 0.2) is 0 Å². The highest BCUT2D eigenvalue weighted by Gasteiger charge is 2.28. The monoisotopic (exact) mass is 272 g/mol. The summed E-state index contributed by atoms with van der Waals surface area (Å²) in [4.78, 5) is 9.04. The van der Waals surface area contributed by atoms with E-state index in [1.165, 1.54) is 12.0 Å². The van der Waals surface area contributed by atoms with Gasteiger partial charge in [-0.2, -0.15) is 5.26 Å². The molecule has 0 radical (unpaired) electrons. The Morgan fingerprint density at radius 1 is 1.35 bits per heavy atom. The predicted octanol–water partition coefficient (Wildman–Crippen LogP) is 0.860. The van der Waals surface area contributed by atoms with Gasteiger partial charge in [0.25, 0.3) is 0 Å². The van der Waals surface area contributed by atoms with Gasteiger partial charge in [0.05, 0.1) is 13.2 Å². The Kier molecular flexibility index (Phi) is 4.26. The molecule has 2 fully saturated rings. The van der Waals surface area contributed by atoms with Gasteiger partial charge in [-0.15, -0.1) is 0 Å². The van der Waals surface area contributed by atoms with Gasteiger partial charge in [-0.25, -0.2) is 4.98 Å². The molecule has 0 N–H and O–H groups in total. The molecule has 2 aliphatic heterocycles. The third-order valence-electron chi connectivity index (χ3n) is 4.15. The van der Waals surface area contributed by atoms with Crippen molar-refractivity contribution in [2.75, 3.05) is 39.4 Å². The van der Waals surface area contributed by atoms with Crippen LogP contribution in [0.1, 0.15) is 17.7 Å². The number of hydrogen-bond donors (Lipinski definition) is 0. The van der Waals surface area contributed by atoms with Crippen LogP contribution in [0.5, 0.6) is 0 Å². The fraction of sp³-hybridized carbons (Fsp3) is 0.600. The second-order valence-electron chi connectivity index (χ2n) is 5.49. The summed E-state index contributed by atoms with van der Waals surface area (Å²) >= 11 is 0. The van der Waals surface area contributed by atoms with E-state index in [0.29, 0.717) is 11.7 Å². The topological polar surface area (TPSA) is 52.4 Å². The maximum Gasteiger partial charge on any atom is 0.140 e. The Bertz CT molecular complexity index is 493. The van der Waals surface area contributed by atoms with Crippen LogP contribution in [0.4, 0.5) is 0 Å². The lowest BCUT2D eigenvalue weighted by Crippen LogP contribution is -2.44. The van der Waals surface area contributed by atoms with E-state index < -0.39 is 0 Å². The van der Waals surface area contributed by atoms with Crippen molar-refractivity contribution in [3.63, 3.8) is 0 Å². The lowest BCUT2D eigenvalue weighted by molar-refractivity contribution is 0.0184. The van der Waals surface area contributed by atoms with Crippen molar-refractivity contribution in [1.29, 1.82) is 5.26 Å². The van der Waals surface area contributed by atoms with Crippen LogP contribution in [0.15, 0.2) is 18.3 Å². The summed E-state index contributed by atoms with van der Waals surface area (Å²) in [5.41, 5.74) is 1.69. The largest absolute Gasteiger partial charge is 0.379 e. The highest BCUT2D eigenvalue weighted by atomic mass is 16.5. The highest BCUT2D eigenvalue weighted by Crippen LogP contribution is 2.19. The average Bonchev–Trinajstić information content (AvgIpc) is 2.97. The molecule has 1 aromatic rings. The summed E-state index contributed by atoms with van der Waals surface area (Å²) in [6, 6.07) is 6.66. The molecule has 1 atom stereocenters. The van der Waals surface area contributed by atoms with Gasteiger partial charge < -0.3 is 4.74 Å². The maximum absolute atomic E-state index is 8.89. The standard InChI is InChI=1S/C15H20N4O/c16-10-14-9-13(1-3-17-14)11-18-4-2-15(12-18)19-5-7-20-8-6-19/h1,3,9,15H,2,4-8,11-12H2. The normalized spacial score (nSPS) is 24.6. The zero-order valence-electron chi connectivity index (χ0n) is 11.7. The molecular weight excluding hydrogens is 252 g/mol. The minimum absolute atomic E-state index is 0.506. The first-order chi connectivity index (χ1) is 9.85. The van der Waals surface area contributed by atoms with Crippen molar-refractivity contribution in [3.8, 4) is 6.07 Å². The van der Waals surface area contributed by atoms with E-state index in [2.05, 4.69) is 20.9 Å². The van der Waals surface area contributed by atoms with E-state index in [9.17, 15) is 0 Å². The Morgan fingerprint density at radius 3 is 3.00 bits per heavy atom. The van der Waals surface area contributed by atoms with E-state index in [1.807, 2.05) is 12.1 Å². The molecule has 0 bridgehead atoms.